The average molecular weight is 334 g/mol. The van der Waals surface area contributed by atoms with Crippen LogP contribution in [-0.4, -0.2) is 39.3 Å². The van der Waals surface area contributed by atoms with Crippen LogP contribution in [0.1, 0.15) is 18.4 Å². The van der Waals surface area contributed by atoms with Crippen LogP contribution in [-0.2, 0) is 0 Å². The van der Waals surface area contributed by atoms with Crippen molar-refractivity contribution < 1.29 is 0 Å². The molecule has 1 N–H and O–H groups in total. The van der Waals surface area contributed by atoms with Gasteiger partial charge in [-0.2, -0.15) is 4.68 Å². The van der Waals surface area contributed by atoms with E-state index >= 15 is 0 Å². The summed E-state index contributed by atoms with van der Waals surface area (Å²) < 4.78 is 1.81. The second-order valence-electron chi connectivity index (χ2n) is 6.50. The Labute approximate surface area is 147 Å². The molecule has 0 radical (unpaired) electrons. The van der Waals surface area contributed by atoms with Gasteiger partial charge >= 0.3 is 0 Å². The Balaban J connectivity index is 1.42. The summed E-state index contributed by atoms with van der Waals surface area (Å²) in [5, 5.41) is 15.9. The number of piperidine rings is 1. The summed E-state index contributed by atoms with van der Waals surface area (Å²) >= 11 is 0. The summed E-state index contributed by atoms with van der Waals surface area (Å²) in [6, 6.07) is 19.1. The fourth-order valence-electron chi connectivity index (χ4n) is 3.31. The van der Waals surface area contributed by atoms with Gasteiger partial charge in [0, 0.05) is 24.8 Å². The first-order valence-corrected chi connectivity index (χ1v) is 8.71. The van der Waals surface area contributed by atoms with Crippen molar-refractivity contribution in [3.05, 3.63) is 60.2 Å². The van der Waals surface area contributed by atoms with Gasteiger partial charge in [0.15, 0.2) is 0 Å². The van der Waals surface area contributed by atoms with E-state index in [4.69, 9.17) is 0 Å². The van der Waals surface area contributed by atoms with E-state index in [0.717, 1.165) is 37.6 Å². The van der Waals surface area contributed by atoms with Gasteiger partial charge in [-0.15, -0.1) is 0 Å². The van der Waals surface area contributed by atoms with E-state index in [2.05, 4.69) is 56.9 Å². The average Bonchev–Trinajstić information content (AvgIpc) is 3.13. The number of nitrogens with zero attached hydrogens (tertiary/aromatic N) is 5. The van der Waals surface area contributed by atoms with Gasteiger partial charge in [0.25, 0.3) is 0 Å². The Morgan fingerprint density at radius 3 is 2.56 bits per heavy atom. The maximum absolute atomic E-state index is 4.24. The molecule has 1 aliphatic heterocycles. The number of hydrogen-bond acceptors (Lipinski definition) is 5. The molecule has 0 amide bonds. The van der Waals surface area contributed by atoms with Crippen LogP contribution in [0, 0.1) is 6.92 Å². The van der Waals surface area contributed by atoms with E-state index in [1.54, 1.807) is 0 Å². The fraction of sp³-hybridized carbons (Fsp3) is 0.316. The van der Waals surface area contributed by atoms with Gasteiger partial charge in [0.1, 0.15) is 0 Å². The van der Waals surface area contributed by atoms with Crippen molar-refractivity contribution in [1.82, 2.24) is 20.2 Å². The van der Waals surface area contributed by atoms with Gasteiger partial charge in [-0.05, 0) is 60.0 Å². The molecule has 0 unspecified atom stereocenters. The minimum atomic E-state index is 0.485. The highest BCUT2D eigenvalue weighted by molar-refractivity contribution is 5.47. The van der Waals surface area contributed by atoms with Crippen molar-refractivity contribution in [2.24, 2.45) is 0 Å². The lowest BCUT2D eigenvalue weighted by Crippen LogP contribution is -2.40. The number of aromatic nitrogens is 4. The fourth-order valence-corrected chi connectivity index (χ4v) is 3.31. The molecule has 1 fully saturated rings. The lowest BCUT2D eigenvalue weighted by atomic mass is 10.0. The summed E-state index contributed by atoms with van der Waals surface area (Å²) in [5.41, 5.74) is 3.47. The Morgan fingerprint density at radius 1 is 1.00 bits per heavy atom. The van der Waals surface area contributed by atoms with Crippen molar-refractivity contribution in [1.29, 1.82) is 0 Å². The quantitative estimate of drug-likeness (QED) is 0.795. The molecule has 25 heavy (non-hydrogen) atoms. The summed E-state index contributed by atoms with van der Waals surface area (Å²) in [5.74, 6) is 0.820. The van der Waals surface area contributed by atoms with Crippen LogP contribution >= 0.6 is 0 Å². The number of tetrazole rings is 1. The normalized spacial score (nSPS) is 15.3. The van der Waals surface area contributed by atoms with Crippen molar-refractivity contribution in [3.63, 3.8) is 0 Å². The van der Waals surface area contributed by atoms with Crippen molar-refractivity contribution in [3.8, 4) is 5.69 Å². The van der Waals surface area contributed by atoms with Crippen LogP contribution in [0.5, 0.6) is 0 Å². The number of rotatable bonds is 4. The number of nitrogens with one attached hydrogen (secondary N) is 1. The summed E-state index contributed by atoms with van der Waals surface area (Å²) in [6.07, 6.45) is 2.13. The van der Waals surface area contributed by atoms with E-state index in [9.17, 15) is 0 Å². The van der Waals surface area contributed by atoms with Gasteiger partial charge in [-0.25, -0.2) is 0 Å². The van der Waals surface area contributed by atoms with E-state index in [1.165, 1.54) is 11.3 Å². The zero-order chi connectivity index (χ0) is 17.1. The molecule has 6 heteroatoms. The third-order valence-corrected chi connectivity index (χ3v) is 4.62. The van der Waals surface area contributed by atoms with Gasteiger partial charge in [-0.1, -0.05) is 35.4 Å². The summed E-state index contributed by atoms with van der Waals surface area (Å²) in [4.78, 5) is 2.27. The smallest absolute Gasteiger partial charge is 0.250 e. The SMILES string of the molecule is Cc1cccc(NC2CCN(c3nnnn3-c3ccccc3)CC2)c1. The summed E-state index contributed by atoms with van der Waals surface area (Å²) in [7, 11) is 0. The standard InChI is InChI=1S/C19H22N6/c1-15-6-5-7-17(14-15)20-16-10-12-24(13-11-16)19-21-22-23-25(19)18-8-3-2-4-9-18/h2-9,14,16,20H,10-13H2,1H3. The molecular formula is C19H22N6. The highest BCUT2D eigenvalue weighted by Gasteiger charge is 2.23. The molecule has 0 spiro atoms. The zero-order valence-electron chi connectivity index (χ0n) is 14.3. The highest BCUT2D eigenvalue weighted by atomic mass is 15.6. The minimum absolute atomic E-state index is 0.485. The van der Waals surface area contributed by atoms with Crippen LogP contribution in [0.3, 0.4) is 0 Å². The molecule has 6 nitrogen and oxygen atoms in total. The predicted molar refractivity (Wildman–Crippen MR) is 99.2 cm³/mol. The molecule has 1 aromatic heterocycles. The third kappa shape index (κ3) is 3.47. The Morgan fingerprint density at radius 2 is 1.80 bits per heavy atom. The van der Waals surface area contributed by atoms with Crippen LogP contribution < -0.4 is 10.2 Å². The number of hydrogen-bond donors (Lipinski definition) is 1. The molecule has 4 rings (SSSR count). The number of para-hydroxylation sites is 1. The number of anilines is 2. The Kier molecular flexibility index (Phi) is 4.33. The van der Waals surface area contributed by atoms with Gasteiger partial charge in [-0.3, -0.25) is 0 Å². The van der Waals surface area contributed by atoms with Crippen LogP contribution in [0.25, 0.3) is 5.69 Å². The van der Waals surface area contributed by atoms with Crippen molar-refractivity contribution in [2.45, 2.75) is 25.8 Å². The second-order valence-corrected chi connectivity index (χ2v) is 6.50. The van der Waals surface area contributed by atoms with Gasteiger partial charge in [0.05, 0.1) is 5.69 Å². The second kappa shape index (κ2) is 6.93. The van der Waals surface area contributed by atoms with E-state index in [1.807, 2.05) is 35.0 Å². The molecule has 0 atom stereocenters. The molecule has 128 valence electrons. The molecular weight excluding hydrogens is 312 g/mol. The molecule has 2 aromatic carbocycles. The molecule has 2 heterocycles. The number of benzene rings is 2. The van der Waals surface area contributed by atoms with Crippen molar-refractivity contribution in [2.75, 3.05) is 23.3 Å². The molecule has 0 aliphatic carbocycles. The van der Waals surface area contributed by atoms with Gasteiger partial charge in [0.2, 0.25) is 5.95 Å². The molecule has 0 bridgehead atoms. The Bertz CT molecular complexity index is 821. The molecule has 1 aliphatic rings. The topological polar surface area (TPSA) is 58.9 Å². The third-order valence-electron chi connectivity index (χ3n) is 4.62. The minimum Gasteiger partial charge on any atom is -0.382 e. The first kappa shape index (κ1) is 15.6. The predicted octanol–water partition coefficient (Wildman–Crippen LogP) is 3.05. The van der Waals surface area contributed by atoms with Gasteiger partial charge < -0.3 is 10.2 Å². The van der Waals surface area contributed by atoms with E-state index < -0.39 is 0 Å². The number of aryl methyl sites for hydroxylation is 1. The molecule has 0 saturated carbocycles. The lowest BCUT2D eigenvalue weighted by Gasteiger charge is -2.33. The monoisotopic (exact) mass is 334 g/mol. The molecule has 1 saturated heterocycles. The molecule has 3 aromatic rings. The van der Waals surface area contributed by atoms with Crippen LogP contribution in [0.4, 0.5) is 11.6 Å². The maximum Gasteiger partial charge on any atom is 0.250 e. The first-order valence-electron chi connectivity index (χ1n) is 8.71. The Hall–Kier alpha value is -2.89. The van der Waals surface area contributed by atoms with Crippen LogP contribution in [0.15, 0.2) is 54.6 Å². The van der Waals surface area contributed by atoms with Crippen molar-refractivity contribution >= 4 is 11.6 Å². The largest absolute Gasteiger partial charge is 0.382 e. The maximum atomic E-state index is 4.24. The van der Waals surface area contributed by atoms with E-state index in [0.29, 0.717) is 6.04 Å². The summed E-state index contributed by atoms with van der Waals surface area (Å²) in [6.45, 7) is 4.00. The zero-order valence-corrected chi connectivity index (χ0v) is 14.3. The lowest BCUT2D eigenvalue weighted by molar-refractivity contribution is 0.517. The first-order chi connectivity index (χ1) is 12.3. The highest BCUT2D eigenvalue weighted by Crippen LogP contribution is 2.22. The van der Waals surface area contributed by atoms with E-state index in [-0.39, 0.29) is 0 Å². The van der Waals surface area contributed by atoms with Crippen LogP contribution in [0.2, 0.25) is 0 Å².